The maximum atomic E-state index is 12.7. The number of H-pyrrole nitrogens is 1. The number of carbonyl (C=O) groups excluding carboxylic acids is 1. The first-order valence-corrected chi connectivity index (χ1v) is 8.42. The lowest BCUT2D eigenvalue weighted by molar-refractivity contribution is -0.124. The van der Waals surface area contributed by atoms with E-state index in [2.05, 4.69) is 60.0 Å². The summed E-state index contributed by atoms with van der Waals surface area (Å²) >= 11 is 0. The molecule has 5 nitrogen and oxygen atoms in total. The predicted octanol–water partition coefficient (Wildman–Crippen LogP) is 3.24. The molecule has 0 spiro atoms. The maximum absolute atomic E-state index is 12.7. The Morgan fingerprint density at radius 2 is 2.13 bits per heavy atom. The van der Waals surface area contributed by atoms with E-state index in [9.17, 15) is 4.79 Å². The van der Waals surface area contributed by atoms with Gasteiger partial charge in [0.2, 0.25) is 11.9 Å². The van der Waals surface area contributed by atoms with Crippen LogP contribution in [0, 0.1) is 19.3 Å². The molecule has 2 N–H and O–H groups in total. The summed E-state index contributed by atoms with van der Waals surface area (Å²) in [5, 5.41) is 2.98. The SMILES string of the molecule is CCCN1CCC(C)(C(=O)Nc2nc3cc(C)c(C)cc3[nH]2)C1. The molecular formula is C18H26N4O. The van der Waals surface area contributed by atoms with Gasteiger partial charge in [0.1, 0.15) is 0 Å². The van der Waals surface area contributed by atoms with Gasteiger partial charge in [0, 0.05) is 6.54 Å². The number of nitrogens with one attached hydrogen (secondary N) is 2. The van der Waals surface area contributed by atoms with Crippen molar-refractivity contribution in [2.75, 3.05) is 25.0 Å². The van der Waals surface area contributed by atoms with E-state index in [0.29, 0.717) is 5.95 Å². The molecule has 2 heterocycles. The second-order valence-corrected chi connectivity index (χ2v) is 7.08. The molecule has 1 atom stereocenters. The number of amides is 1. The van der Waals surface area contributed by atoms with E-state index in [1.165, 1.54) is 11.1 Å². The number of aryl methyl sites for hydroxylation is 2. The number of aromatic amines is 1. The zero-order chi connectivity index (χ0) is 16.6. The predicted molar refractivity (Wildman–Crippen MR) is 93.7 cm³/mol. The minimum atomic E-state index is -0.333. The van der Waals surface area contributed by atoms with Gasteiger partial charge >= 0.3 is 0 Å². The summed E-state index contributed by atoms with van der Waals surface area (Å²) in [6.45, 7) is 11.3. The number of hydrogen-bond acceptors (Lipinski definition) is 3. The number of carbonyl (C=O) groups is 1. The smallest absolute Gasteiger partial charge is 0.233 e. The maximum Gasteiger partial charge on any atom is 0.233 e. The van der Waals surface area contributed by atoms with Crippen LogP contribution in [0.15, 0.2) is 12.1 Å². The Morgan fingerprint density at radius 3 is 2.87 bits per heavy atom. The van der Waals surface area contributed by atoms with Gasteiger partial charge in [-0.1, -0.05) is 6.92 Å². The third kappa shape index (κ3) is 3.11. The molecule has 1 aliphatic heterocycles. The average Bonchev–Trinajstić information content (AvgIpc) is 3.04. The molecule has 23 heavy (non-hydrogen) atoms. The van der Waals surface area contributed by atoms with Gasteiger partial charge in [0.25, 0.3) is 0 Å². The number of hydrogen-bond donors (Lipinski definition) is 2. The van der Waals surface area contributed by atoms with Crippen LogP contribution in [0.5, 0.6) is 0 Å². The molecule has 5 heteroatoms. The van der Waals surface area contributed by atoms with Gasteiger partial charge in [-0.15, -0.1) is 0 Å². The molecule has 3 rings (SSSR count). The molecular weight excluding hydrogens is 288 g/mol. The summed E-state index contributed by atoms with van der Waals surface area (Å²) in [5.41, 5.74) is 3.96. The molecule has 1 aromatic carbocycles. The Labute approximate surface area is 137 Å². The molecule has 0 saturated carbocycles. The average molecular weight is 314 g/mol. The number of likely N-dealkylation sites (tertiary alicyclic amines) is 1. The van der Waals surface area contributed by atoms with Crippen LogP contribution in [0.1, 0.15) is 37.8 Å². The lowest BCUT2D eigenvalue weighted by Crippen LogP contribution is -2.36. The summed E-state index contributed by atoms with van der Waals surface area (Å²) in [5.74, 6) is 0.605. The number of benzene rings is 1. The zero-order valence-electron chi connectivity index (χ0n) is 14.5. The summed E-state index contributed by atoms with van der Waals surface area (Å²) in [7, 11) is 0. The van der Waals surface area contributed by atoms with Crippen molar-refractivity contribution in [3.63, 3.8) is 0 Å². The van der Waals surface area contributed by atoms with Crippen molar-refractivity contribution in [2.45, 2.75) is 40.5 Å². The third-order valence-corrected chi connectivity index (χ3v) is 4.97. The second kappa shape index (κ2) is 5.96. The van der Waals surface area contributed by atoms with Gasteiger partial charge in [0.05, 0.1) is 16.4 Å². The zero-order valence-corrected chi connectivity index (χ0v) is 14.5. The van der Waals surface area contributed by atoms with Crippen molar-refractivity contribution in [2.24, 2.45) is 5.41 Å². The van der Waals surface area contributed by atoms with Crippen LogP contribution in [-0.2, 0) is 4.79 Å². The monoisotopic (exact) mass is 314 g/mol. The van der Waals surface area contributed by atoms with Gasteiger partial charge < -0.3 is 9.88 Å². The van der Waals surface area contributed by atoms with Crippen LogP contribution in [-0.4, -0.2) is 40.4 Å². The Morgan fingerprint density at radius 1 is 1.39 bits per heavy atom. The van der Waals surface area contributed by atoms with Crippen LogP contribution in [0.25, 0.3) is 11.0 Å². The van der Waals surface area contributed by atoms with E-state index in [0.717, 1.165) is 43.5 Å². The highest BCUT2D eigenvalue weighted by Gasteiger charge is 2.40. The van der Waals surface area contributed by atoms with E-state index in [4.69, 9.17) is 0 Å². The van der Waals surface area contributed by atoms with Crippen molar-refractivity contribution in [1.82, 2.24) is 14.9 Å². The van der Waals surface area contributed by atoms with E-state index in [1.54, 1.807) is 0 Å². The van der Waals surface area contributed by atoms with Crippen molar-refractivity contribution in [3.8, 4) is 0 Å². The first kappa shape index (κ1) is 16.0. The van der Waals surface area contributed by atoms with Crippen LogP contribution in [0.3, 0.4) is 0 Å². The molecule has 0 bridgehead atoms. The molecule has 1 unspecified atom stereocenters. The summed E-state index contributed by atoms with van der Waals surface area (Å²) < 4.78 is 0. The number of nitrogens with zero attached hydrogens (tertiary/aromatic N) is 2. The molecule has 0 radical (unpaired) electrons. The number of imidazole rings is 1. The number of aromatic nitrogens is 2. The van der Waals surface area contributed by atoms with E-state index >= 15 is 0 Å². The summed E-state index contributed by atoms with van der Waals surface area (Å²) in [4.78, 5) is 22.8. The topological polar surface area (TPSA) is 61.0 Å². The summed E-state index contributed by atoms with van der Waals surface area (Å²) in [6, 6.07) is 4.13. The Kier molecular flexibility index (Phi) is 4.15. The van der Waals surface area contributed by atoms with Crippen LogP contribution >= 0.6 is 0 Å². The minimum Gasteiger partial charge on any atom is -0.324 e. The Hall–Kier alpha value is -1.88. The fourth-order valence-electron chi connectivity index (χ4n) is 3.34. The van der Waals surface area contributed by atoms with E-state index < -0.39 is 0 Å². The molecule has 124 valence electrons. The number of anilines is 1. The third-order valence-electron chi connectivity index (χ3n) is 4.97. The van der Waals surface area contributed by atoms with Crippen molar-refractivity contribution in [1.29, 1.82) is 0 Å². The molecule has 1 fully saturated rings. The largest absolute Gasteiger partial charge is 0.324 e. The second-order valence-electron chi connectivity index (χ2n) is 7.08. The van der Waals surface area contributed by atoms with Crippen molar-refractivity contribution >= 4 is 22.9 Å². The normalized spacial score (nSPS) is 21.9. The van der Waals surface area contributed by atoms with E-state index in [-0.39, 0.29) is 11.3 Å². The minimum absolute atomic E-state index is 0.0589. The highest BCUT2D eigenvalue weighted by molar-refractivity contribution is 5.95. The molecule has 2 aromatic rings. The van der Waals surface area contributed by atoms with Gasteiger partial charge in [-0.3, -0.25) is 10.1 Å². The molecule has 1 aliphatic rings. The highest BCUT2D eigenvalue weighted by Crippen LogP contribution is 2.31. The first-order valence-electron chi connectivity index (χ1n) is 8.42. The van der Waals surface area contributed by atoms with Gasteiger partial charge in [-0.25, -0.2) is 4.98 Å². The van der Waals surface area contributed by atoms with Crippen LogP contribution < -0.4 is 5.32 Å². The standard InChI is InChI=1S/C18H26N4O/c1-5-7-22-8-6-18(4,11-22)16(23)21-17-19-14-9-12(2)13(3)10-15(14)20-17/h9-10H,5-8,11H2,1-4H3,(H2,19,20,21,23). The molecule has 0 aliphatic carbocycles. The molecule has 1 aromatic heterocycles. The quantitative estimate of drug-likeness (QED) is 0.911. The fraction of sp³-hybridized carbons (Fsp3) is 0.556. The lowest BCUT2D eigenvalue weighted by Gasteiger charge is -2.22. The Balaban J connectivity index is 1.75. The molecule has 1 amide bonds. The van der Waals surface area contributed by atoms with Crippen LogP contribution in [0.4, 0.5) is 5.95 Å². The number of fused-ring (bicyclic) bond motifs is 1. The van der Waals surface area contributed by atoms with Gasteiger partial charge in [0.15, 0.2) is 0 Å². The fourth-order valence-corrected chi connectivity index (χ4v) is 3.34. The first-order chi connectivity index (χ1) is 10.9. The number of rotatable bonds is 4. The van der Waals surface area contributed by atoms with E-state index in [1.807, 2.05) is 0 Å². The van der Waals surface area contributed by atoms with Crippen molar-refractivity contribution < 1.29 is 4.79 Å². The van der Waals surface area contributed by atoms with Crippen LogP contribution in [0.2, 0.25) is 0 Å². The van der Waals surface area contributed by atoms with Gasteiger partial charge in [-0.05, 0) is 70.0 Å². The summed E-state index contributed by atoms with van der Waals surface area (Å²) in [6.07, 6.45) is 2.03. The lowest BCUT2D eigenvalue weighted by atomic mass is 9.89. The van der Waals surface area contributed by atoms with Gasteiger partial charge in [-0.2, -0.15) is 0 Å². The highest BCUT2D eigenvalue weighted by atomic mass is 16.2. The molecule has 1 saturated heterocycles. The Bertz CT molecular complexity index is 697. The van der Waals surface area contributed by atoms with Crippen molar-refractivity contribution in [3.05, 3.63) is 23.3 Å².